The van der Waals surface area contributed by atoms with Gasteiger partial charge in [0, 0.05) is 29.6 Å². The van der Waals surface area contributed by atoms with Gasteiger partial charge < -0.3 is 4.74 Å². The SMILES string of the molecule is CCCCCOc1ccc(S(=O)(=O)n2ccnc2CC)c2ccccc12. The highest BCUT2D eigenvalue weighted by Crippen LogP contribution is 2.32. The second kappa shape index (κ2) is 7.91. The van der Waals surface area contributed by atoms with Crippen LogP contribution in [0.3, 0.4) is 0 Å². The maximum absolute atomic E-state index is 13.2. The number of hydrogen-bond donors (Lipinski definition) is 0. The van der Waals surface area contributed by atoms with E-state index in [1.807, 2.05) is 31.2 Å². The summed E-state index contributed by atoms with van der Waals surface area (Å²) in [5.41, 5.74) is 0. The number of aromatic nitrogens is 2. The molecule has 0 spiro atoms. The first-order valence-corrected chi connectivity index (χ1v) is 10.5. The highest BCUT2D eigenvalue weighted by Gasteiger charge is 2.23. The number of rotatable bonds is 8. The molecule has 0 aliphatic carbocycles. The van der Waals surface area contributed by atoms with Gasteiger partial charge >= 0.3 is 0 Å². The van der Waals surface area contributed by atoms with Crippen molar-refractivity contribution in [2.24, 2.45) is 0 Å². The van der Waals surface area contributed by atoms with E-state index in [4.69, 9.17) is 4.74 Å². The normalized spacial score (nSPS) is 11.8. The zero-order valence-electron chi connectivity index (χ0n) is 15.2. The molecule has 26 heavy (non-hydrogen) atoms. The van der Waals surface area contributed by atoms with Crippen LogP contribution in [0.25, 0.3) is 10.8 Å². The lowest BCUT2D eigenvalue weighted by molar-refractivity contribution is 0.309. The van der Waals surface area contributed by atoms with E-state index in [1.165, 1.54) is 16.4 Å². The molecule has 0 bridgehead atoms. The fourth-order valence-corrected chi connectivity index (χ4v) is 4.60. The average Bonchev–Trinajstić information content (AvgIpc) is 3.15. The van der Waals surface area contributed by atoms with Gasteiger partial charge in [-0.3, -0.25) is 0 Å². The summed E-state index contributed by atoms with van der Waals surface area (Å²) < 4.78 is 33.5. The Bertz CT molecular complexity index is 993. The quantitative estimate of drug-likeness (QED) is 0.550. The van der Waals surface area contributed by atoms with Crippen LogP contribution >= 0.6 is 0 Å². The van der Waals surface area contributed by atoms with E-state index < -0.39 is 10.0 Å². The Kier molecular flexibility index (Phi) is 5.61. The Balaban J connectivity index is 2.05. The van der Waals surface area contributed by atoms with Crippen LogP contribution in [-0.2, 0) is 16.4 Å². The number of aryl methyl sites for hydroxylation is 1. The van der Waals surface area contributed by atoms with Crippen molar-refractivity contribution in [3.05, 3.63) is 54.6 Å². The molecular weight excluding hydrogens is 348 g/mol. The van der Waals surface area contributed by atoms with E-state index >= 15 is 0 Å². The van der Waals surface area contributed by atoms with Crippen LogP contribution in [0.5, 0.6) is 5.75 Å². The van der Waals surface area contributed by atoms with Gasteiger partial charge in [-0.25, -0.2) is 17.4 Å². The van der Waals surface area contributed by atoms with E-state index in [2.05, 4.69) is 11.9 Å². The minimum atomic E-state index is -3.71. The Morgan fingerprint density at radius 3 is 2.54 bits per heavy atom. The van der Waals surface area contributed by atoms with Gasteiger partial charge in [0.1, 0.15) is 11.6 Å². The van der Waals surface area contributed by atoms with Crippen LogP contribution < -0.4 is 4.74 Å². The number of imidazole rings is 1. The topological polar surface area (TPSA) is 61.2 Å². The smallest absolute Gasteiger partial charge is 0.269 e. The van der Waals surface area contributed by atoms with Crippen LogP contribution in [0.2, 0.25) is 0 Å². The molecule has 5 nitrogen and oxygen atoms in total. The molecule has 0 unspecified atom stereocenters. The summed E-state index contributed by atoms with van der Waals surface area (Å²) >= 11 is 0. The van der Waals surface area contributed by atoms with Crippen molar-refractivity contribution in [3.63, 3.8) is 0 Å². The molecule has 0 N–H and O–H groups in total. The molecule has 0 amide bonds. The van der Waals surface area contributed by atoms with Gasteiger partial charge in [-0.1, -0.05) is 51.0 Å². The predicted molar refractivity (Wildman–Crippen MR) is 103 cm³/mol. The van der Waals surface area contributed by atoms with Crippen LogP contribution in [0, 0.1) is 0 Å². The summed E-state index contributed by atoms with van der Waals surface area (Å²) in [6.07, 6.45) is 6.79. The number of unbranched alkanes of at least 4 members (excludes halogenated alkanes) is 2. The first-order valence-electron chi connectivity index (χ1n) is 9.02. The van der Waals surface area contributed by atoms with Crippen LogP contribution in [0.1, 0.15) is 38.9 Å². The standard InChI is InChI=1S/C20H24N2O3S/c1-3-5-8-15-25-18-11-12-19(17-10-7-6-9-16(17)18)26(23,24)22-14-13-21-20(22)4-2/h6-7,9-14H,3-5,8,15H2,1-2H3. The molecule has 1 aromatic heterocycles. The Hall–Kier alpha value is -2.34. The van der Waals surface area contributed by atoms with E-state index in [0.717, 1.165) is 30.4 Å². The van der Waals surface area contributed by atoms with E-state index in [-0.39, 0.29) is 4.90 Å². The second-order valence-electron chi connectivity index (χ2n) is 6.16. The minimum Gasteiger partial charge on any atom is -0.493 e. The summed E-state index contributed by atoms with van der Waals surface area (Å²) in [4.78, 5) is 4.41. The lowest BCUT2D eigenvalue weighted by Crippen LogP contribution is -2.15. The molecule has 0 atom stereocenters. The maximum atomic E-state index is 13.2. The van der Waals surface area contributed by atoms with E-state index in [1.54, 1.807) is 12.1 Å². The Morgan fingerprint density at radius 2 is 1.81 bits per heavy atom. The van der Waals surface area contributed by atoms with Crippen molar-refractivity contribution in [3.8, 4) is 5.75 Å². The molecule has 0 aliphatic rings. The molecule has 1 heterocycles. The predicted octanol–water partition coefficient (Wildman–Crippen LogP) is 4.40. The second-order valence-corrected chi connectivity index (χ2v) is 7.94. The van der Waals surface area contributed by atoms with Gasteiger partial charge in [-0.15, -0.1) is 0 Å². The van der Waals surface area contributed by atoms with Gasteiger partial charge in [0.15, 0.2) is 0 Å². The summed E-state index contributed by atoms with van der Waals surface area (Å²) in [5, 5.41) is 1.47. The fourth-order valence-electron chi connectivity index (χ4n) is 3.02. The summed E-state index contributed by atoms with van der Waals surface area (Å²) in [7, 11) is -3.71. The third-order valence-corrected chi connectivity index (χ3v) is 6.14. The molecule has 0 fully saturated rings. The van der Waals surface area contributed by atoms with Gasteiger partial charge in [-0.05, 0) is 18.6 Å². The number of ether oxygens (including phenoxy) is 1. The zero-order chi connectivity index (χ0) is 18.6. The largest absolute Gasteiger partial charge is 0.493 e. The number of nitrogens with zero attached hydrogens (tertiary/aromatic N) is 2. The van der Waals surface area contributed by atoms with Crippen molar-refractivity contribution < 1.29 is 13.2 Å². The number of fused-ring (bicyclic) bond motifs is 1. The van der Waals surface area contributed by atoms with Crippen LogP contribution in [0.4, 0.5) is 0 Å². The molecular formula is C20H24N2O3S. The average molecular weight is 372 g/mol. The molecule has 0 aliphatic heterocycles. The molecule has 0 radical (unpaired) electrons. The monoisotopic (exact) mass is 372 g/mol. The highest BCUT2D eigenvalue weighted by molar-refractivity contribution is 7.90. The van der Waals surface area contributed by atoms with Crippen molar-refractivity contribution >= 4 is 20.8 Å². The molecule has 138 valence electrons. The third-order valence-electron chi connectivity index (χ3n) is 4.38. The van der Waals surface area contributed by atoms with E-state index in [0.29, 0.717) is 24.2 Å². The number of benzene rings is 2. The number of hydrogen-bond acceptors (Lipinski definition) is 4. The minimum absolute atomic E-state index is 0.265. The molecule has 3 rings (SSSR count). The van der Waals surface area contributed by atoms with Gasteiger partial charge in [0.05, 0.1) is 11.5 Å². The Labute approximate surface area is 154 Å². The molecule has 3 aromatic rings. The van der Waals surface area contributed by atoms with Gasteiger partial charge in [0.25, 0.3) is 10.0 Å². The molecule has 6 heteroatoms. The summed E-state index contributed by atoms with van der Waals surface area (Å²) in [6, 6.07) is 10.8. The van der Waals surface area contributed by atoms with E-state index in [9.17, 15) is 8.42 Å². The lowest BCUT2D eigenvalue weighted by atomic mass is 10.1. The van der Waals surface area contributed by atoms with Crippen molar-refractivity contribution in [1.29, 1.82) is 0 Å². The van der Waals surface area contributed by atoms with Crippen molar-refractivity contribution in [1.82, 2.24) is 8.96 Å². The van der Waals surface area contributed by atoms with Gasteiger partial charge in [-0.2, -0.15) is 0 Å². The Morgan fingerprint density at radius 1 is 1.04 bits per heavy atom. The molecule has 2 aromatic carbocycles. The third kappa shape index (κ3) is 3.46. The summed E-state index contributed by atoms with van der Waals surface area (Å²) in [6.45, 7) is 4.67. The van der Waals surface area contributed by atoms with Crippen molar-refractivity contribution in [2.45, 2.75) is 44.4 Å². The fraction of sp³-hybridized carbons (Fsp3) is 0.350. The molecule has 0 saturated carbocycles. The first-order chi connectivity index (χ1) is 12.6. The lowest BCUT2D eigenvalue weighted by Gasteiger charge is -2.14. The van der Waals surface area contributed by atoms with Gasteiger partial charge in [0.2, 0.25) is 0 Å². The molecule has 0 saturated heterocycles. The highest BCUT2D eigenvalue weighted by atomic mass is 32.2. The summed E-state index contributed by atoms with van der Waals surface area (Å²) in [5.74, 6) is 1.24. The van der Waals surface area contributed by atoms with Crippen molar-refractivity contribution in [2.75, 3.05) is 6.61 Å². The van der Waals surface area contributed by atoms with Crippen LogP contribution in [0.15, 0.2) is 53.7 Å². The first kappa shape index (κ1) is 18.5. The zero-order valence-corrected chi connectivity index (χ0v) is 16.0. The maximum Gasteiger partial charge on any atom is 0.269 e. The van der Waals surface area contributed by atoms with Crippen LogP contribution in [-0.4, -0.2) is 24.0 Å².